The third kappa shape index (κ3) is 3.14. The van der Waals surface area contributed by atoms with Gasteiger partial charge in [-0.2, -0.15) is 0 Å². The number of rotatable bonds is 4. The fraction of sp³-hybridized carbons (Fsp3) is 0.100. The average molecular weight is 304 g/mol. The highest BCUT2D eigenvalue weighted by Crippen LogP contribution is 2.22. The number of hydrogen-bond acceptors (Lipinski definition) is 3. The molecule has 0 saturated carbocycles. The van der Waals surface area contributed by atoms with E-state index in [1.54, 1.807) is 24.3 Å². The molecule has 0 fully saturated rings. The molecular formula is C20H16O3. The van der Waals surface area contributed by atoms with E-state index in [0.29, 0.717) is 5.56 Å². The summed E-state index contributed by atoms with van der Waals surface area (Å²) in [4.78, 5) is 24.6. The van der Waals surface area contributed by atoms with Crippen LogP contribution in [0.1, 0.15) is 32.7 Å². The van der Waals surface area contributed by atoms with E-state index in [1.165, 1.54) is 6.07 Å². The molecule has 0 bridgehead atoms. The van der Waals surface area contributed by atoms with E-state index in [4.69, 9.17) is 0 Å². The average Bonchev–Trinajstić information content (AvgIpc) is 2.54. The largest absolute Gasteiger partial charge is 0.507 e. The number of phenolic OH excluding ortho intramolecular Hbond substituents is 1. The molecule has 0 aromatic heterocycles. The van der Waals surface area contributed by atoms with E-state index in [2.05, 4.69) is 0 Å². The van der Waals surface area contributed by atoms with Gasteiger partial charge in [0.1, 0.15) is 5.75 Å². The van der Waals surface area contributed by atoms with Crippen LogP contribution in [-0.4, -0.2) is 16.7 Å². The smallest absolute Gasteiger partial charge is 0.174 e. The van der Waals surface area contributed by atoms with Crippen molar-refractivity contribution in [1.82, 2.24) is 0 Å². The second kappa shape index (κ2) is 6.05. The number of phenols is 1. The van der Waals surface area contributed by atoms with Crippen LogP contribution in [0, 0.1) is 6.92 Å². The maximum atomic E-state index is 12.3. The van der Waals surface area contributed by atoms with Crippen LogP contribution in [0.15, 0.2) is 60.7 Å². The Hall–Kier alpha value is -2.94. The molecule has 0 saturated heterocycles. The van der Waals surface area contributed by atoms with Crippen LogP contribution in [0.25, 0.3) is 10.8 Å². The highest BCUT2D eigenvalue weighted by Gasteiger charge is 2.17. The zero-order valence-corrected chi connectivity index (χ0v) is 12.7. The monoisotopic (exact) mass is 304 g/mol. The summed E-state index contributed by atoms with van der Waals surface area (Å²) in [7, 11) is 0. The lowest BCUT2D eigenvalue weighted by Crippen LogP contribution is -2.09. The predicted molar refractivity (Wildman–Crippen MR) is 90.1 cm³/mol. The molecule has 3 aromatic rings. The van der Waals surface area contributed by atoms with Gasteiger partial charge in [0.2, 0.25) is 0 Å². The topological polar surface area (TPSA) is 54.4 Å². The van der Waals surface area contributed by atoms with E-state index < -0.39 is 0 Å². The lowest BCUT2D eigenvalue weighted by Gasteiger charge is -2.06. The van der Waals surface area contributed by atoms with Crippen LogP contribution in [0.5, 0.6) is 5.75 Å². The molecular weight excluding hydrogens is 288 g/mol. The lowest BCUT2D eigenvalue weighted by atomic mass is 9.98. The van der Waals surface area contributed by atoms with Crippen molar-refractivity contribution in [1.29, 1.82) is 0 Å². The fourth-order valence-corrected chi connectivity index (χ4v) is 2.58. The molecule has 3 aromatic carbocycles. The van der Waals surface area contributed by atoms with Crippen LogP contribution >= 0.6 is 0 Å². The first-order valence-corrected chi connectivity index (χ1v) is 7.39. The molecule has 1 N–H and O–H groups in total. The van der Waals surface area contributed by atoms with Crippen LogP contribution in [0.4, 0.5) is 0 Å². The van der Waals surface area contributed by atoms with Gasteiger partial charge in [0.25, 0.3) is 0 Å². The number of aromatic hydroxyl groups is 1. The molecule has 3 rings (SSSR count). The Balaban J connectivity index is 1.83. The van der Waals surface area contributed by atoms with Gasteiger partial charge >= 0.3 is 0 Å². The molecule has 0 amide bonds. The fourth-order valence-electron chi connectivity index (χ4n) is 2.58. The number of hydrogen-bond donors (Lipinski definition) is 1. The highest BCUT2D eigenvalue weighted by molar-refractivity contribution is 6.15. The Kier molecular flexibility index (Phi) is 3.94. The minimum Gasteiger partial charge on any atom is -0.507 e. The predicted octanol–water partition coefficient (Wildman–Crippen LogP) is 4.31. The van der Waals surface area contributed by atoms with Gasteiger partial charge < -0.3 is 5.11 Å². The summed E-state index contributed by atoms with van der Waals surface area (Å²) in [6.07, 6.45) is -0.255. The van der Waals surface area contributed by atoms with E-state index >= 15 is 0 Å². The molecule has 3 nitrogen and oxygen atoms in total. The molecule has 0 heterocycles. The molecule has 0 aliphatic heterocycles. The SMILES string of the molecule is Cc1ccc(C(=O)CC(=O)c2ccc3ccccc3c2)c(O)c1. The summed E-state index contributed by atoms with van der Waals surface area (Å²) >= 11 is 0. The second-order valence-electron chi connectivity index (χ2n) is 5.61. The van der Waals surface area contributed by atoms with E-state index in [1.807, 2.05) is 37.3 Å². The number of Topliss-reactive ketones (excluding diaryl/α,β-unsaturated/α-hetero) is 2. The summed E-state index contributed by atoms with van der Waals surface area (Å²) in [6, 6.07) is 18.0. The number of carbonyl (C=O) groups excluding carboxylic acids is 2. The molecule has 0 atom stereocenters. The number of benzene rings is 3. The van der Waals surface area contributed by atoms with Crippen molar-refractivity contribution in [3.8, 4) is 5.75 Å². The highest BCUT2D eigenvalue weighted by atomic mass is 16.3. The van der Waals surface area contributed by atoms with Gasteiger partial charge in [-0.15, -0.1) is 0 Å². The normalized spacial score (nSPS) is 10.7. The number of aryl methyl sites for hydroxylation is 1. The molecule has 0 aliphatic rings. The van der Waals surface area contributed by atoms with Crippen molar-refractivity contribution in [2.45, 2.75) is 13.3 Å². The summed E-state index contributed by atoms with van der Waals surface area (Å²) in [5.74, 6) is -0.706. The molecule has 0 radical (unpaired) electrons. The van der Waals surface area contributed by atoms with Crippen LogP contribution in [0.2, 0.25) is 0 Å². The summed E-state index contributed by atoms with van der Waals surface area (Å²) < 4.78 is 0. The molecule has 0 aliphatic carbocycles. The maximum Gasteiger partial charge on any atom is 0.174 e. The minimum absolute atomic E-state index is 0.0821. The quantitative estimate of drug-likeness (QED) is 0.577. The van der Waals surface area contributed by atoms with Gasteiger partial charge in [-0.1, -0.05) is 42.5 Å². The summed E-state index contributed by atoms with van der Waals surface area (Å²) in [6.45, 7) is 1.83. The van der Waals surface area contributed by atoms with Crippen molar-refractivity contribution >= 4 is 22.3 Å². The zero-order valence-electron chi connectivity index (χ0n) is 12.7. The first-order chi connectivity index (χ1) is 11.0. The molecule has 3 heteroatoms. The van der Waals surface area contributed by atoms with Gasteiger partial charge in [-0.3, -0.25) is 9.59 Å². The Bertz CT molecular complexity index is 910. The van der Waals surface area contributed by atoms with Gasteiger partial charge in [-0.25, -0.2) is 0 Å². The number of ketones is 2. The molecule has 0 unspecified atom stereocenters. The standard InChI is InChI=1S/C20H16O3/c1-13-6-9-17(19(22)10-13)20(23)12-18(21)16-8-7-14-4-2-3-5-15(14)11-16/h2-11,22H,12H2,1H3. The first kappa shape index (κ1) is 15.0. The Morgan fingerprint density at radius 1 is 0.870 bits per heavy atom. The van der Waals surface area contributed by atoms with Gasteiger partial charge in [0, 0.05) is 5.56 Å². The lowest BCUT2D eigenvalue weighted by molar-refractivity contribution is 0.0893. The molecule has 114 valence electrons. The first-order valence-electron chi connectivity index (χ1n) is 7.39. The van der Waals surface area contributed by atoms with Crippen LogP contribution in [0.3, 0.4) is 0 Å². The number of fused-ring (bicyclic) bond motifs is 1. The third-order valence-electron chi connectivity index (χ3n) is 3.85. The zero-order chi connectivity index (χ0) is 16.4. The Morgan fingerprint density at radius 3 is 2.35 bits per heavy atom. The van der Waals surface area contributed by atoms with Crippen molar-refractivity contribution in [3.05, 3.63) is 77.4 Å². The maximum absolute atomic E-state index is 12.3. The van der Waals surface area contributed by atoms with E-state index in [9.17, 15) is 14.7 Å². The molecule has 23 heavy (non-hydrogen) atoms. The van der Waals surface area contributed by atoms with Gasteiger partial charge in [0.05, 0.1) is 12.0 Å². The Morgan fingerprint density at radius 2 is 1.61 bits per heavy atom. The molecule has 0 spiro atoms. The van der Waals surface area contributed by atoms with Gasteiger partial charge in [0.15, 0.2) is 11.6 Å². The van der Waals surface area contributed by atoms with E-state index in [0.717, 1.165) is 16.3 Å². The van der Waals surface area contributed by atoms with Crippen LogP contribution < -0.4 is 0 Å². The summed E-state index contributed by atoms with van der Waals surface area (Å²) in [5.41, 5.74) is 1.55. The summed E-state index contributed by atoms with van der Waals surface area (Å²) in [5, 5.41) is 11.9. The van der Waals surface area contributed by atoms with E-state index in [-0.39, 0.29) is 29.3 Å². The minimum atomic E-state index is -0.374. The van der Waals surface area contributed by atoms with Crippen molar-refractivity contribution in [2.24, 2.45) is 0 Å². The van der Waals surface area contributed by atoms with Crippen LogP contribution in [-0.2, 0) is 0 Å². The van der Waals surface area contributed by atoms with Gasteiger partial charge in [-0.05, 0) is 41.5 Å². The van der Waals surface area contributed by atoms with Crippen molar-refractivity contribution < 1.29 is 14.7 Å². The van der Waals surface area contributed by atoms with Crippen molar-refractivity contribution in [3.63, 3.8) is 0 Å². The Labute approximate surface area is 134 Å². The third-order valence-corrected chi connectivity index (χ3v) is 3.85. The second-order valence-corrected chi connectivity index (χ2v) is 5.61. The number of carbonyl (C=O) groups is 2. The van der Waals surface area contributed by atoms with Crippen molar-refractivity contribution in [2.75, 3.05) is 0 Å².